The van der Waals surface area contributed by atoms with Crippen LogP contribution in [0.1, 0.15) is 12.0 Å². The van der Waals surface area contributed by atoms with Crippen LogP contribution in [0.4, 0.5) is 4.39 Å². The SMILES string of the molecule is COC(=O)CC(Cc1ccc(F)cc1)NCCN(C)C. The van der Waals surface area contributed by atoms with Gasteiger partial charge in [-0.15, -0.1) is 0 Å². The Morgan fingerprint density at radius 2 is 2.00 bits per heavy atom. The van der Waals surface area contributed by atoms with E-state index in [0.29, 0.717) is 12.8 Å². The number of nitrogens with zero attached hydrogens (tertiary/aromatic N) is 1. The molecule has 1 atom stereocenters. The van der Waals surface area contributed by atoms with Crippen molar-refractivity contribution in [3.63, 3.8) is 0 Å². The fourth-order valence-electron chi connectivity index (χ4n) is 1.90. The smallest absolute Gasteiger partial charge is 0.307 e. The number of nitrogens with one attached hydrogen (secondary N) is 1. The summed E-state index contributed by atoms with van der Waals surface area (Å²) in [5.74, 6) is -0.492. The van der Waals surface area contributed by atoms with Crippen LogP contribution in [0.5, 0.6) is 0 Å². The Hall–Kier alpha value is -1.46. The van der Waals surface area contributed by atoms with Crippen molar-refractivity contribution < 1.29 is 13.9 Å². The predicted molar refractivity (Wildman–Crippen MR) is 77.1 cm³/mol. The first-order chi connectivity index (χ1) is 9.51. The number of hydrogen-bond donors (Lipinski definition) is 1. The van der Waals surface area contributed by atoms with Gasteiger partial charge in [-0.25, -0.2) is 4.39 Å². The highest BCUT2D eigenvalue weighted by molar-refractivity contribution is 5.69. The summed E-state index contributed by atoms with van der Waals surface area (Å²) in [6.07, 6.45) is 0.976. The summed E-state index contributed by atoms with van der Waals surface area (Å²) >= 11 is 0. The van der Waals surface area contributed by atoms with E-state index >= 15 is 0 Å². The van der Waals surface area contributed by atoms with E-state index in [1.165, 1.54) is 19.2 Å². The van der Waals surface area contributed by atoms with Crippen molar-refractivity contribution in [2.75, 3.05) is 34.3 Å². The lowest BCUT2D eigenvalue weighted by molar-refractivity contribution is -0.141. The van der Waals surface area contributed by atoms with Gasteiger partial charge in [-0.2, -0.15) is 0 Å². The molecule has 1 unspecified atom stereocenters. The molecule has 0 bridgehead atoms. The number of carbonyl (C=O) groups excluding carboxylic acids is 1. The molecule has 0 saturated carbocycles. The lowest BCUT2D eigenvalue weighted by Gasteiger charge is -2.19. The molecule has 0 amide bonds. The van der Waals surface area contributed by atoms with Crippen LogP contribution in [0.3, 0.4) is 0 Å². The lowest BCUT2D eigenvalue weighted by Crippen LogP contribution is -2.38. The standard InChI is InChI=1S/C15H23FN2O2/c1-18(2)9-8-17-14(11-15(19)20-3)10-12-4-6-13(16)7-5-12/h4-7,14,17H,8-11H2,1-3H3. The van der Waals surface area contributed by atoms with Crippen LogP contribution in [0, 0.1) is 5.82 Å². The normalized spacial score (nSPS) is 12.4. The lowest BCUT2D eigenvalue weighted by atomic mass is 10.0. The number of halogens is 1. The number of likely N-dealkylation sites (N-methyl/N-ethyl adjacent to an activating group) is 1. The number of ether oxygens (including phenoxy) is 1. The zero-order valence-corrected chi connectivity index (χ0v) is 12.4. The Morgan fingerprint density at radius 3 is 2.55 bits per heavy atom. The zero-order valence-electron chi connectivity index (χ0n) is 12.4. The van der Waals surface area contributed by atoms with E-state index in [1.54, 1.807) is 12.1 Å². The van der Waals surface area contributed by atoms with Crippen molar-refractivity contribution in [3.05, 3.63) is 35.6 Å². The number of carbonyl (C=O) groups is 1. The largest absolute Gasteiger partial charge is 0.469 e. The van der Waals surface area contributed by atoms with Crippen LogP contribution in [-0.4, -0.2) is 51.2 Å². The van der Waals surface area contributed by atoms with E-state index in [9.17, 15) is 9.18 Å². The molecule has 0 spiro atoms. The molecule has 0 aliphatic heterocycles. The molecule has 5 heteroatoms. The molecule has 1 aromatic rings. The fourth-order valence-corrected chi connectivity index (χ4v) is 1.90. The van der Waals surface area contributed by atoms with Crippen LogP contribution in [0.25, 0.3) is 0 Å². The van der Waals surface area contributed by atoms with Gasteiger partial charge < -0.3 is 15.0 Å². The monoisotopic (exact) mass is 282 g/mol. The van der Waals surface area contributed by atoms with Crippen LogP contribution in [0.2, 0.25) is 0 Å². The van der Waals surface area contributed by atoms with Crippen LogP contribution in [0.15, 0.2) is 24.3 Å². The van der Waals surface area contributed by atoms with E-state index < -0.39 is 0 Å². The van der Waals surface area contributed by atoms with Gasteiger partial charge in [0.05, 0.1) is 13.5 Å². The maximum atomic E-state index is 12.9. The highest BCUT2D eigenvalue weighted by atomic mass is 19.1. The molecule has 1 aromatic carbocycles. The molecule has 1 rings (SSSR count). The maximum Gasteiger partial charge on any atom is 0.307 e. The molecule has 0 aliphatic carbocycles. The van der Waals surface area contributed by atoms with Gasteiger partial charge in [0.25, 0.3) is 0 Å². The number of hydrogen-bond acceptors (Lipinski definition) is 4. The predicted octanol–water partition coefficient (Wildman–Crippen LogP) is 1.45. The van der Waals surface area contributed by atoms with Crippen molar-refractivity contribution in [1.82, 2.24) is 10.2 Å². The second-order valence-corrected chi connectivity index (χ2v) is 5.07. The summed E-state index contributed by atoms with van der Waals surface area (Å²) in [5.41, 5.74) is 0.998. The molecule has 0 fully saturated rings. The summed E-state index contributed by atoms with van der Waals surface area (Å²) in [4.78, 5) is 13.5. The van der Waals surface area contributed by atoms with Gasteiger partial charge in [-0.05, 0) is 38.2 Å². The summed E-state index contributed by atoms with van der Waals surface area (Å²) in [7, 11) is 5.38. The van der Waals surface area contributed by atoms with Gasteiger partial charge in [0.15, 0.2) is 0 Å². The molecule has 0 heterocycles. The molecule has 0 aliphatic rings. The van der Waals surface area contributed by atoms with Gasteiger partial charge in [-0.1, -0.05) is 12.1 Å². The minimum atomic E-state index is -0.251. The summed E-state index contributed by atoms with van der Waals surface area (Å²) < 4.78 is 17.6. The Kier molecular flexibility index (Phi) is 7.18. The zero-order chi connectivity index (χ0) is 15.0. The van der Waals surface area contributed by atoms with Gasteiger partial charge in [0, 0.05) is 19.1 Å². The summed E-state index contributed by atoms with van der Waals surface area (Å²) in [5, 5.41) is 3.34. The van der Waals surface area contributed by atoms with Gasteiger partial charge >= 0.3 is 5.97 Å². The van der Waals surface area contributed by atoms with E-state index in [4.69, 9.17) is 4.74 Å². The van der Waals surface area contributed by atoms with Gasteiger partial charge in [0.1, 0.15) is 5.82 Å². The molecular weight excluding hydrogens is 259 g/mol. The highest BCUT2D eigenvalue weighted by Crippen LogP contribution is 2.08. The van der Waals surface area contributed by atoms with E-state index in [2.05, 4.69) is 10.2 Å². The third kappa shape index (κ3) is 6.63. The highest BCUT2D eigenvalue weighted by Gasteiger charge is 2.14. The molecule has 1 N–H and O–H groups in total. The first kappa shape index (κ1) is 16.6. The second kappa shape index (κ2) is 8.66. The first-order valence-corrected chi connectivity index (χ1v) is 6.70. The van der Waals surface area contributed by atoms with Crippen molar-refractivity contribution in [1.29, 1.82) is 0 Å². The van der Waals surface area contributed by atoms with E-state index in [1.807, 2.05) is 14.1 Å². The molecule has 112 valence electrons. The molecule has 0 radical (unpaired) electrons. The number of methoxy groups -OCH3 is 1. The first-order valence-electron chi connectivity index (χ1n) is 6.70. The van der Waals surface area contributed by atoms with Crippen molar-refractivity contribution in [3.8, 4) is 0 Å². The Labute approximate surface area is 119 Å². The Morgan fingerprint density at radius 1 is 1.35 bits per heavy atom. The number of benzene rings is 1. The molecular formula is C15H23FN2O2. The summed E-state index contributed by atoms with van der Waals surface area (Å²) in [6, 6.07) is 6.35. The summed E-state index contributed by atoms with van der Waals surface area (Å²) in [6.45, 7) is 1.68. The average molecular weight is 282 g/mol. The third-order valence-electron chi connectivity index (χ3n) is 3.03. The quantitative estimate of drug-likeness (QED) is 0.733. The van der Waals surface area contributed by atoms with Crippen LogP contribution >= 0.6 is 0 Å². The third-order valence-corrected chi connectivity index (χ3v) is 3.03. The van der Waals surface area contributed by atoms with E-state index in [-0.39, 0.29) is 17.8 Å². The Bertz CT molecular complexity index is 407. The number of rotatable bonds is 8. The molecule has 0 aromatic heterocycles. The van der Waals surface area contributed by atoms with E-state index in [0.717, 1.165) is 18.7 Å². The topological polar surface area (TPSA) is 41.6 Å². The van der Waals surface area contributed by atoms with Crippen LogP contribution < -0.4 is 5.32 Å². The van der Waals surface area contributed by atoms with Gasteiger partial charge in [-0.3, -0.25) is 4.79 Å². The second-order valence-electron chi connectivity index (χ2n) is 5.07. The maximum absolute atomic E-state index is 12.9. The van der Waals surface area contributed by atoms with Crippen molar-refractivity contribution in [2.24, 2.45) is 0 Å². The van der Waals surface area contributed by atoms with Gasteiger partial charge in [0.2, 0.25) is 0 Å². The Balaban J connectivity index is 2.56. The minimum absolute atomic E-state index is 0.00661. The van der Waals surface area contributed by atoms with Crippen LogP contribution in [-0.2, 0) is 16.0 Å². The fraction of sp³-hybridized carbons (Fsp3) is 0.533. The van der Waals surface area contributed by atoms with Crippen molar-refractivity contribution in [2.45, 2.75) is 18.9 Å². The molecule has 4 nitrogen and oxygen atoms in total. The average Bonchev–Trinajstić information content (AvgIpc) is 2.40. The molecule has 0 saturated heterocycles. The van der Waals surface area contributed by atoms with Crippen molar-refractivity contribution >= 4 is 5.97 Å². The minimum Gasteiger partial charge on any atom is -0.469 e. The molecule has 20 heavy (non-hydrogen) atoms. The number of esters is 1.